The van der Waals surface area contributed by atoms with Crippen LogP contribution in [0.3, 0.4) is 0 Å². The van der Waals surface area contributed by atoms with Crippen LogP contribution in [0.1, 0.15) is 41.1 Å². The predicted molar refractivity (Wildman–Crippen MR) is 117 cm³/mol. The second-order valence-corrected chi connectivity index (χ2v) is 8.17. The zero-order valence-electron chi connectivity index (χ0n) is 17.2. The number of ether oxygens (including phenoxy) is 2. The molecule has 31 heavy (non-hydrogen) atoms. The van der Waals surface area contributed by atoms with Gasteiger partial charge >= 0.3 is 0 Å². The summed E-state index contributed by atoms with van der Waals surface area (Å²) in [5.74, 6) is 0.988. The summed E-state index contributed by atoms with van der Waals surface area (Å²) in [4.78, 5) is 35.0. The van der Waals surface area contributed by atoms with Crippen molar-refractivity contribution in [2.75, 3.05) is 18.4 Å². The quantitative estimate of drug-likeness (QED) is 0.594. The molecule has 3 aromatic rings. The van der Waals surface area contributed by atoms with Crippen LogP contribution in [0.15, 0.2) is 48.1 Å². The van der Waals surface area contributed by atoms with Crippen LogP contribution in [0, 0.1) is 0 Å². The Hall–Kier alpha value is -3.46. The lowest BCUT2D eigenvalue weighted by Crippen LogP contribution is -2.42. The topological polar surface area (TPSA) is 93.7 Å². The first-order chi connectivity index (χ1) is 15.0. The van der Waals surface area contributed by atoms with Crippen LogP contribution in [0.5, 0.6) is 17.2 Å². The summed E-state index contributed by atoms with van der Waals surface area (Å²) >= 11 is 1.33. The van der Waals surface area contributed by atoms with Crippen molar-refractivity contribution in [1.82, 2.24) is 14.9 Å². The molecule has 0 saturated carbocycles. The Morgan fingerprint density at radius 3 is 2.52 bits per heavy atom. The van der Waals surface area contributed by atoms with Crippen LogP contribution >= 0.6 is 11.3 Å². The number of amides is 2. The van der Waals surface area contributed by atoms with E-state index in [1.54, 1.807) is 46.8 Å². The highest BCUT2D eigenvalue weighted by atomic mass is 32.1. The van der Waals surface area contributed by atoms with Gasteiger partial charge in [0.2, 0.25) is 0 Å². The Labute approximate surface area is 183 Å². The average molecular weight is 439 g/mol. The van der Waals surface area contributed by atoms with Crippen LogP contribution in [0.25, 0.3) is 0 Å². The molecule has 2 amide bonds. The highest BCUT2D eigenvalue weighted by molar-refractivity contribution is 7.13. The van der Waals surface area contributed by atoms with E-state index in [4.69, 9.17) is 9.47 Å². The number of hydrogen-bond acceptors (Lipinski definition) is 7. The molecule has 9 heteroatoms. The molecule has 3 heterocycles. The molecule has 1 saturated heterocycles. The molecule has 0 atom stereocenters. The molecule has 160 valence electrons. The number of carbonyl (C=O) groups is 2. The largest absolute Gasteiger partial charge is 0.491 e. The highest BCUT2D eigenvalue weighted by Crippen LogP contribution is 2.29. The molecule has 0 unspecified atom stereocenters. The number of nitrogens with zero attached hydrogens (tertiary/aromatic N) is 3. The van der Waals surface area contributed by atoms with Crippen LogP contribution in [-0.4, -0.2) is 45.9 Å². The van der Waals surface area contributed by atoms with Crippen molar-refractivity contribution in [3.63, 3.8) is 0 Å². The van der Waals surface area contributed by atoms with Crippen LogP contribution < -0.4 is 14.8 Å². The Bertz CT molecular complexity index is 1060. The zero-order valence-corrected chi connectivity index (χ0v) is 18.0. The van der Waals surface area contributed by atoms with Crippen molar-refractivity contribution in [2.45, 2.75) is 26.4 Å². The van der Waals surface area contributed by atoms with E-state index in [0.29, 0.717) is 33.6 Å². The van der Waals surface area contributed by atoms with Crippen molar-refractivity contribution in [2.24, 2.45) is 0 Å². The normalized spacial score (nSPS) is 12.9. The van der Waals surface area contributed by atoms with Crippen LogP contribution in [0.4, 0.5) is 5.13 Å². The Kier molecular flexibility index (Phi) is 6.13. The van der Waals surface area contributed by atoms with Gasteiger partial charge in [-0.3, -0.25) is 14.9 Å². The third-order valence-corrected chi connectivity index (χ3v) is 5.19. The molecule has 1 fully saturated rings. The molecule has 1 aromatic carbocycles. The lowest BCUT2D eigenvalue weighted by molar-refractivity contribution is 0.0645. The standard InChI is InChI=1S/C22H22N4O4S/c1-14(2)29-17-10-15(20(27)25-22-23-6-9-31-22)11-18(12-17)30-16-4-5-19(24-13-16)21(28)26-7-3-8-26/h4-6,9-14H,3,7-8H2,1-2H3,(H,23,25,27). The van der Waals surface area contributed by atoms with Crippen molar-refractivity contribution < 1.29 is 19.1 Å². The van der Waals surface area contributed by atoms with E-state index in [-0.39, 0.29) is 17.9 Å². The lowest BCUT2D eigenvalue weighted by Gasteiger charge is -2.30. The van der Waals surface area contributed by atoms with Gasteiger partial charge in [0.15, 0.2) is 5.13 Å². The molecule has 0 radical (unpaired) electrons. The van der Waals surface area contributed by atoms with E-state index in [9.17, 15) is 9.59 Å². The molecule has 8 nitrogen and oxygen atoms in total. The maximum Gasteiger partial charge on any atom is 0.272 e. The van der Waals surface area contributed by atoms with Crippen LogP contribution in [0.2, 0.25) is 0 Å². The van der Waals surface area contributed by atoms with Gasteiger partial charge in [0, 0.05) is 36.3 Å². The number of benzene rings is 1. The van der Waals surface area contributed by atoms with E-state index in [0.717, 1.165) is 19.5 Å². The molecule has 1 N–H and O–H groups in total. The fraction of sp³-hybridized carbons (Fsp3) is 0.273. The number of pyridine rings is 1. The first kappa shape index (κ1) is 20.8. The van der Waals surface area contributed by atoms with Gasteiger partial charge in [0.25, 0.3) is 11.8 Å². The minimum Gasteiger partial charge on any atom is -0.491 e. The third kappa shape index (κ3) is 5.18. The number of carbonyl (C=O) groups excluding carboxylic acids is 2. The van der Waals surface area contributed by atoms with E-state index in [1.165, 1.54) is 17.5 Å². The molecule has 0 spiro atoms. The molecule has 4 rings (SSSR count). The summed E-state index contributed by atoms with van der Waals surface area (Å²) in [6.07, 6.45) is 4.08. The second-order valence-electron chi connectivity index (χ2n) is 7.28. The van der Waals surface area contributed by atoms with Crippen molar-refractivity contribution in [3.8, 4) is 17.2 Å². The Morgan fingerprint density at radius 2 is 1.90 bits per heavy atom. The molecule has 2 aromatic heterocycles. The number of rotatable bonds is 7. The van der Waals surface area contributed by atoms with Gasteiger partial charge in [-0.05, 0) is 44.5 Å². The molecule has 0 aliphatic carbocycles. The number of anilines is 1. The summed E-state index contributed by atoms with van der Waals surface area (Å²) < 4.78 is 11.7. The van der Waals surface area contributed by atoms with Gasteiger partial charge in [0.05, 0.1) is 12.3 Å². The van der Waals surface area contributed by atoms with Crippen LogP contribution in [-0.2, 0) is 0 Å². The Morgan fingerprint density at radius 1 is 1.10 bits per heavy atom. The minimum atomic E-state index is -0.317. The predicted octanol–water partition coefficient (Wildman–Crippen LogP) is 4.22. The van der Waals surface area contributed by atoms with E-state index in [1.807, 2.05) is 13.8 Å². The highest BCUT2D eigenvalue weighted by Gasteiger charge is 2.22. The molecule has 1 aliphatic heterocycles. The van der Waals surface area contributed by atoms with Gasteiger partial charge in [-0.1, -0.05) is 0 Å². The number of likely N-dealkylation sites (tertiary alicyclic amines) is 1. The summed E-state index contributed by atoms with van der Waals surface area (Å²) in [6, 6.07) is 8.31. The number of aromatic nitrogens is 2. The summed E-state index contributed by atoms with van der Waals surface area (Å²) in [7, 11) is 0. The summed E-state index contributed by atoms with van der Waals surface area (Å²) in [5, 5.41) is 5.05. The third-order valence-electron chi connectivity index (χ3n) is 4.50. The van der Waals surface area contributed by atoms with Gasteiger partial charge in [-0.15, -0.1) is 11.3 Å². The fourth-order valence-electron chi connectivity index (χ4n) is 2.94. The Balaban J connectivity index is 1.53. The van der Waals surface area contributed by atoms with Gasteiger partial charge in [-0.2, -0.15) is 0 Å². The lowest BCUT2D eigenvalue weighted by atomic mass is 10.2. The van der Waals surface area contributed by atoms with Gasteiger partial charge in [-0.25, -0.2) is 9.97 Å². The monoisotopic (exact) mass is 438 g/mol. The number of thiazole rings is 1. The number of nitrogens with one attached hydrogen (secondary N) is 1. The first-order valence-electron chi connectivity index (χ1n) is 9.94. The van der Waals surface area contributed by atoms with Gasteiger partial charge in [0.1, 0.15) is 22.9 Å². The molecular formula is C22H22N4O4S. The average Bonchev–Trinajstić information content (AvgIpc) is 3.19. The fourth-order valence-corrected chi connectivity index (χ4v) is 3.46. The second kappa shape index (κ2) is 9.13. The van der Waals surface area contributed by atoms with Crippen molar-refractivity contribution in [3.05, 3.63) is 59.4 Å². The number of hydrogen-bond donors (Lipinski definition) is 1. The van der Waals surface area contributed by atoms with E-state index >= 15 is 0 Å². The summed E-state index contributed by atoms with van der Waals surface area (Å²) in [6.45, 7) is 5.35. The first-order valence-corrected chi connectivity index (χ1v) is 10.8. The van der Waals surface area contributed by atoms with Gasteiger partial charge < -0.3 is 14.4 Å². The molecular weight excluding hydrogens is 416 g/mol. The summed E-state index contributed by atoms with van der Waals surface area (Å²) in [5.41, 5.74) is 0.758. The zero-order chi connectivity index (χ0) is 21.8. The van der Waals surface area contributed by atoms with E-state index < -0.39 is 0 Å². The molecule has 0 bridgehead atoms. The smallest absolute Gasteiger partial charge is 0.272 e. The molecule has 1 aliphatic rings. The van der Waals surface area contributed by atoms with Crippen molar-refractivity contribution in [1.29, 1.82) is 0 Å². The maximum absolute atomic E-state index is 12.7. The van der Waals surface area contributed by atoms with E-state index in [2.05, 4.69) is 15.3 Å². The van der Waals surface area contributed by atoms with Crippen molar-refractivity contribution >= 4 is 28.3 Å². The SMILES string of the molecule is CC(C)Oc1cc(Oc2ccc(C(=O)N3CCC3)nc2)cc(C(=O)Nc2nccs2)c1. The minimum absolute atomic E-state index is 0.0707. The maximum atomic E-state index is 12.7.